The van der Waals surface area contributed by atoms with Crippen molar-refractivity contribution < 1.29 is 18.3 Å². The summed E-state index contributed by atoms with van der Waals surface area (Å²) in [4.78, 5) is 12.3. The molecule has 0 aromatic rings. The molecule has 2 fully saturated rings. The van der Waals surface area contributed by atoms with Crippen LogP contribution in [0.15, 0.2) is 0 Å². The number of piperidine rings is 1. The number of nitrogens with zero attached hydrogens (tertiary/aromatic N) is 1. The molecule has 2 rings (SSSR count). The molecule has 1 aliphatic heterocycles. The summed E-state index contributed by atoms with van der Waals surface area (Å²) in [6, 6.07) is -0.500. The van der Waals surface area contributed by atoms with E-state index in [2.05, 4.69) is 5.32 Å². The van der Waals surface area contributed by atoms with Gasteiger partial charge in [-0.1, -0.05) is 6.42 Å². The normalized spacial score (nSPS) is 32.8. The van der Waals surface area contributed by atoms with Crippen molar-refractivity contribution in [1.29, 1.82) is 0 Å². The highest BCUT2D eigenvalue weighted by Crippen LogP contribution is 2.22. The third kappa shape index (κ3) is 3.93. The summed E-state index contributed by atoms with van der Waals surface area (Å²) in [6.07, 6.45) is 6.11. The molecule has 1 saturated carbocycles. The van der Waals surface area contributed by atoms with Gasteiger partial charge in [-0.3, -0.25) is 4.79 Å². The SMILES string of the molecule is CS(=O)(=O)N1CCCCC1C(=O)NC1CCC(O)CC1. The zero-order valence-corrected chi connectivity index (χ0v) is 12.7. The van der Waals surface area contributed by atoms with Crippen LogP contribution in [0.5, 0.6) is 0 Å². The average molecular weight is 304 g/mol. The molecule has 20 heavy (non-hydrogen) atoms. The van der Waals surface area contributed by atoms with Crippen LogP contribution in [0.1, 0.15) is 44.9 Å². The highest BCUT2D eigenvalue weighted by atomic mass is 32.2. The third-order valence-electron chi connectivity index (χ3n) is 4.23. The van der Waals surface area contributed by atoms with E-state index in [4.69, 9.17) is 0 Å². The first kappa shape index (κ1) is 15.7. The van der Waals surface area contributed by atoms with E-state index >= 15 is 0 Å². The largest absolute Gasteiger partial charge is 0.393 e. The lowest BCUT2D eigenvalue weighted by atomic mass is 9.92. The fraction of sp³-hybridized carbons (Fsp3) is 0.923. The van der Waals surface area contributed by atoms with E-state index in [0.29, 0.717) is 25.8 Å². The fourth-order valence-corrected chi connectivity index (χ4v) is 4.21. The number of aliphatic hydroxyl groups is 1. The van der Waals surface area contributed by atoms with Gasteiger partial charge in [-0.15, -0.1) is 0 Å². The van der Waals surface area contributed by atoms with Gasteiger partial charge in [0.1, 0.15) is 6.04 Å². The standard InChI is InChI=1S/C13H24N2O4S/c1-20(18,19)15-9-3-2-4-12(15)13(17)14-10-5-7-11(16)8-6-10/h10-12,16H,2-9H2,1H3,(H,14,17). The van der Waals surface area contributed by atoms with E-state index in [1.54, 1.807) is 0 Å². The highest BCUT2D eigenvalue weighted by molar-refractivity contribution is 7.88. The maximum absolute atomic E-state index is 12.3. The number of carbonyl (C=O) groups excluding carboxylic acids is 1. The molecule has 1 heterocycles. The summed E-state index contributed by atoms with van der Waals surface area (Å²) in [7, 11) is -3.34. The zero-order valence-electron chi connectivity index (χ0n) is 11.9. The first-order chi connectivity index (χ1) is 9.38. The predicted octanol–water partition coefficient (Wildman–Crippen LogP) is 0.220. The van der Waals surface area contributed by atoms with Crippen LogP contribution >= 0.6 is 0 Å². The van der Waals surface area contributed by atoms with Crippen LogP contribution in [0, 0.1) is 0 Å². The lowest BCUT2D eigenvalue weighted by Gasteiger charge is -2.34. The van der Waals surface area contributed by atoms with Crippen molar-refractivity contribution in [3.8, 4) is 0 Å². The summed E-state index contributed by atoms with van der Waals surface area (Å²) in [5, 5.41) is 12.4. The molecule has 116 valence electrons. The van der Waals surface area contributed by atoms with Crippen molar-refractivity contribution in [3.05, 3.63) is 0 Å². The smallest absolute Gasteiger partial charge is 0.238 e. The van der Waals surface area contributed by atoms with Crippen LogP contribution in [0.25, 0.3) is 0 Å². The summed E-state index contributed by atoms with van der Waals surface area (Å²) < 4.78 is 24.8. The van der Waals surface area contributed by atoms with Crippen LogP contribution in [-0.2, 0) is 14.8 Å². The molecular formula is C13H24N2O4S. The summed E-state index contributed by atoms with van der Waals surface area (Å²) in [5.41, 5.74) is 0. The van der Waals surface area contributed by atoms with Crippen LogP contribution in [0.4, 0.5) is 0 Å². The summed E-state index contributed by atoms with van der Waals surface area (Å²) in [5.74, 6) is -0.184. The topological polar surface area (TPSA) is 86.7 Å². The minimum Gasteiger partial charge on any atom is -0.393 e. The first-order valence-electron chi connectivity index (χ1n) is 7.33. The number of carbonyl (C=O) groups is 1. The van der Waals surface area contributed by atoms with Gasteiger partial charge >= 0.3 is 0 Å². The Morgan fingerprint density at radius 2 is 1.80 bits per heavy atom. The quantitative estimate of drug-likeness (QED) is 0.781. The predicted molar refractivity (Wildman–Crippen MR) is 75.6 cm³/mol. The molecule has 0 bridgehead atoms. The van der Waals surface area contributed by atoms with E-state index in [1.165, 1.54) is 4.31 Å². The van der Waals surface area contributed by atoms with Crippen molar-refractivity contribution in [2.45, 2.75) is 63.1 Å². The van der Waals surface area contributed by atoms with E-state index in [-0.39, 0.29) is 18.1 Å². The van der Waals surface area contributed by atoms with Crippen LogP contribution in [-0.4, -0.2) is 54.7 Å². The van der Waals surface area contributed by atoms with Gasteiger partial charge in [0, 0.05) is 12.6 Å². The number of hydrogen-bond acceptors (Lipinski definition) is 4. The molecule has 1 aliphatic carbocycles. The highest BCUT2D eigenvalue weighted by Gasteiger charge is 2.35. The maximum Gasteiger partial charge on any atom is 0.238 e. The zero-order chi connectivity index (χ0) is 14.8. The van der Waals surface area contributed by atoms with Gasteiger partial charge < -0.3 is 10.4 Å². The molecular weight excluding hydrogens is 280 g/mol. The van der Waals surface area contributed by atoms with Crippen molar-refractivity contribution in [3.63, 3.8) is 0 Å². The van der Waals surface area contributed by atoms with Gasteiger partial charge in [-0.2, -0.15) is 4.31 Å². The monoisotopic (exact) mass is 304 g/mol. The van der Waals surface area contributed by atoms with Crippen LogP contribution in [0.2, 0.25) is 0 Å². The Labute approximate surface area is 120 Å². The van der Waals surface area contributed by atoms with Gasteiger partial charge in [0.2, 0.25) is 15.9 Å². The van der Waals surface area contributed by atoms with E-state index < -0.39 is 16.1 Å². The van der Waals surface area contributed by atoms with E-state index in [9.17, 15) is 18.3 Å². The van der Waals surface area contributed by atoms with E-state index in [1.807, 2.05) is 0 Å². The van der Waals surface area contributed by atoms with Gasteiger partial charge in [0.15, 0.2) is 0 Å². The molecule has 7 heteroatoms. The Kier molecular flexibility index (Phi) is 5.04. The fourth-order valence-electron chi connectivity index (χ4n) is 3.08. The molecule has 6 nitrogen and oxygen atoms in total. The molecule has 1 atom stereocenters. The molecule has 2 aliphatic rings. The Bertz CT molecular complexity index is 443. The van der Waals surface area contributed by atoms with Gasteiger partial charge in [0.05, 0.1) is 12.4 Å². The Hall–Kier alpha value is -0.660. The van der Waals surface area contributed by atoms with Crippen molar-refractivity contribution in [2.75, 3.05) is 12.8 Å². The van der Waals surface area contributed by atoms with Crippen LogP contribution < -0.4 is 5.32 Å². The number of rotatable bonds is 3. The lowest BCUT2D eigenvalue weighted by Crippen LogP contribution is -2.53. The molecule has 0 radical (unpaired) electrons. The molecule has 1 saturated heterocycles. The number of nitrogens with one attached hydrogen (secondary N) is 1. The summed E-state index contributed by atoms with van der Waals surface area (Å²) >= 11 is 0. The van der Waals surface area contributed by atoms with E-state index in [0.717, 1.165) is 31.9 Å². The molecule has 1 amide bonds. The maximum atomic E-state index is 12.3. The average Bonchev–Trinajstić information content (AvgIpc) is 2.40. The van der Waals surface area contributed by atoms with Gasteiger partial charge in [-0.05, 0) is 38.5 Å². The lowest BCUT2D eigenvalue weighted by molar-refractivity contribution is -0.126. The first-order valence-corrected chi connectivity index (χ1v) is 9.18. The second-order valence-electron chi connectivity index (χ2n) is 5.90. The van der Waals surface area contributed by atoms with Gasteiger partial charge in [-0.25, -0.2) is 8.42 Å². The third-order valence-corrected chi connectivity index (χ3v) is 5.51. The Morgan fingerprint density at radius 3 is 2.40 bits per heavy atom. The molecule has 0 spiro atoms. The Balaban J connectivity index is 1.96. The molecule has 0 aromatic carbocycles. The molecule has 1 unspecified atom stereocenters. The Morgan fingerprint density at radius 1 is 1.15 bits per heavy atom. The molecule has 0 aromatic heterocycles. The van der Waals surface area contributed by atoms with Crippen molar-refractivity contribution >= 4 is 15.9 Å². The molecule has 2 N–H and O–H groups in total. The van der Waals surface area contributed by atoms with Crippen LogP contribution in [0.3, 0.4) is 0 Å². The minimum atomic E-state index is -3.34. The minimum absolute atomic E-state index is 0.0641. The number of sulfonamides is 1. The van der Waals surface area contributed by atoms with Gasteiger partial charge in [0.25, 0.3) is 0 Å². The summed E-state index contributed by atoms with van der Waals surface area (Å²) in [6.45, 7) is 0.431. The second-order valence-corrected chi connectivity index (χ2v) is 7.83. The second kappa shape index (κ2) is 6.41. The number of aliphatic hydroxyl groups excluding tert-OH is 1. The number of hydrogen-bond donors (Lipinski definition) is 2. The van der Waals surface area contributed by atoms with Crippen molar-refractivity contribution in [2.24, 2.45) is 0 Å². The number of amides is 1. The van der Waals surface area contributed by atoms with Crippen molar-refractivity contribution in [1.82, 2.24) is 9.62 Å².